The van der Waals surface area contributed by atoms with Gasteiger partial charge in [0.25, 0.3) is 0 Å². The topological polar surface area (TPSA) is 82.3 Å². The van der Waals surface area contributed by atoms with Crippen LogP contribution in [-0.2, 0) is 0 Å². The molecule has 0 saturated heterocycles. The van der Waals surface area contributed by atoms with Gasteiger partial charge in [-0.3, -0.25) is 0 Å². The molecule has 0 aromatic heterocycles. The minimum Gasteiger partial charge on any atom is -0.307 e. The molecule has 2 aromatic rings. The van der Waals surface area contributed by atoms with Crippen LogP contribution in [0.3, 0.4) is 0 Å². The van der Waals surface area contributed by atoms with Crippen molar-refractivity contribution >= 4 is 35.0 Å². The first-order chi connectivity index (χ1) is 10.1. The van der Waals surface area contributed by atoms with Gasteiger partial charge in [0.05, 0.1) is 0 Å². The number of hydrazine groups is 1. The van der Waals surface area contributed by atoms with E-state index >= 15 is 0 Å². The summed E-state index contributed by atoms with van der Waals surface area (Å²) < 4.78 is 0. The largest absolute Gasteiger partial charge is 0.337 e. The number of rotatable bonds is 2. The summed E-state index contributed by atoms with van der Waals surface area (Å²) in [6.07, 6.45) is 0. The molecule has 108 valence electrons. The lowest BCUT2D eigenvalue weighted by Gasteiger charge is -2.10. The van der Waals surface area contributed by atoms with Gasteiger partial charge in [-0.05, 0) is 30.3 Å². The van der Waals surface area contributed by atoms with Crippen molar-refractivity contribution in [2.24, 2.45) is 0 Å². The summed E-state index contributed by atoms with van der Waals surface area (Å²) in [6.45, 7) is 0. The number of benzene rings is 2. The Balaban J connectivity index is 1.77. The van der Waals surface area contributed by atoms with E-state index in [1.807, 2.05) is 6.07 Å². The molecule has 0 aliphatic heterocycles. The second-order valence-corrected chi connectivity index (χ2v) is 4.47. The summed E-state index contributed by atoms with van der Waals surface area (Å²) >= 11 is 5.79. The highest BCUT2D eigenvalue weighted by atomic mass is 35.5. The maximum absolute atomic E-state index is 11.6. The highest BCUT2D eigenvalue weighted by Gasteiger charge is 2.04. The van der Waals surface area contributed by atoms with E-state index in [0.717, 1.165) is 0 Å². The van der Waals surface area contributed by atoms with Crippen molar-refractivity contribution in [3.05, 3.63) is 59.6 Å². The van der Waals surface area contributed by atoms with Crippen molar-refractivity contribution in [2.45, 2.75) is 0 Å². The molecule has 0 saturated carbocycles. The maximum Gasteiger partial charge on any atom is 0.337 e. The normalized spacial score (nSPS) is 9.57. The number of nitrogens with one attached hydrogen (secondary N) is 4. The Labute approximate surface area is 126 Å². The third kappa shape index (κ3) is 5.04. The van der Waals surface area contributed by atoms with Crippen molar-refractivity contribution < 1.29 is 9.59 Å². The molecule has 0 fully saturated rings. The molecule has 0 aliphatic carbocycles. The lowest BCUT2D eigenvalue weighted by atomic mass is 10.3. The lowest BCUT2D eigenvalue weighted by Crippen LogP contribution is -2.45. The molecule has 0 spiro atoms. The van der Waals surface area contributed by atoms with Crippen molar-refractivity contribution in [2.75, 3.05) is 10.6 Å². The second-order valence-electron chi connectivity index (χ2n) is 4.03. The smallest absolute Gasteiger partial charge is 0.307 e. The van der Waals surface area contributed by atoms with E-state index in [4.69, 9.17) is 11.6 Å². The average molecular weight is 305 g/mol. The molecule has 7 heteroatoms. The van der Waals surface area contributed by atoms with Crippen LogP contribution in [0.25, 0.3) is 0 Å². The van der Waals surface area contributed by atoms with Gasteiger partial charge in [0.1, 0.15) is 0 Å². The third-order valence-electron chi connectivity index (χ3n) is 2.40. The third-order valence-corrected chi connectivity index (χ3v) is 2.64. The van der Waals surface area contributed by atoms with Crippen LogP contribution in [0.4, 0.5) is 21.0 Å². The van der Waals surface area contributed by atoms with Crippen LogP contribution >= 0.6 is 11.6 Å². The Bertz CT molecular complexity index is 634. The molecule has 6 nitrogen and oxygen atoms in total. The Morgan fingerprint density at radius 2 is 1.33 bits per heavy atom. The fraction of sp³-hybridized carbons (Fsp3) is 0. The van der Waals surface area contributed by atoms with Gasteiger partial charge in [0.2, 0.25) is 0 Å². The Morgan fingerprint density at radius 3 is 1.95 bits per heavy atom. The van der Waals surface area contributed by atoms with Crippen molar-refractivity contribution in [3.8, 4) is 0 Å². The van der Waals surface area contributed by atoms with Gasteiger partial charge in [-0.25, -0.2) is 20.4 Å². The highest BCUT2D eigenvalue weighted by Crippen LogP contribution is 2.14. The van der Waals surface area contributed by atoms with E-state index in [1.54, 1.807) is 48.5 Å². The number of hydrogen-bond acceptors (Lipinski definition) is 2. The van der Waals surface area contributed by atoms with Crippen LogP contribution in [-0.4, -0.2) is 12.1 Å². The SMILES string of the molecule is O=C(NNC(=O)Nc1cccc(Cl)c1)Nc1ccccc1. The fourth-order valence-electron chi connectivity index (χ4n) is 1.53. The van der Waals surface area contributed by atoms with Crippen molar-refractivity contribution in [3.63, 3.8) is 0 Å². The maximum atomic E-state index is 11.6. The summed E-state index contributed by atoms with van der Waals surface area (Å²) in [5, 5.41) is 5.58. The van der Waals surface area contributed by atoms with E-state index in [9.17, 15) is 9.59 Å². The predicted molar refractivity (Wildman–Crippen MR) is 82.2 cm³/mol. The monoisotopic (exact) mass is 304 g/mol. The van der Waals surface area contributed by atoms with Crippen LogP contribution in [0.1, 0.15) is 0 Å². The summed E-state index contributed by atoms with van der Waals surface area (Å²) in [6, 6.07) is 14.4. The first-order valence-electron chi connectivity index (χ1n) is 6.08. The van der Waals surface area contributed by atoms with E-state index < -0.39 is 12.1 Å². The van der Waals surface area contributed by atoms with Crippen LogP contribution < -0.4 is 21.5 Å². The number of halogens is 1. The van der Waals surface area contributed by atoms with Crippen molar-refractivity contribution in [1.29, 1.82) is 0 Å². The standard InChI is InChI=1S/C14H13ClN4O2/c15-10-5-4-8-12(9-10)17-14(21)19-18-13(20)16-11-6-2-1-3-7-11/h1-9H,(H2,16,18,20)(H2,17,19,21). The summed E-state index contributed by atoms with van der Waals surface area (Å²) in [5.41, 5.74) is 5.57. The molecule has 2 aromatic carbocycles. The molecule has 0 bridgehead atoms. The van der Waals surface area contributed by atoms with Gasteiger partial charge in [-0.1, -0.05) is 35.9 Å². The second kappa shape index (κ2) is 7.16. The number of para-hydroxylation sites is 1. The molecule has 0 atom stereocenters. The highest BCUT2D eigenvalue weighted by molar-refractivity contribution is 6.30. The number of anilines is 2. The zero-order valence-corrected chi connectivity index (χ0v) is 11.6. The minimum atomic E-state index is -0.583. The average Bonchev–Trinajstić information content (AvgIpc) is 2.46. The van der Waals surface area contributed by atoms with Gasteiger partial charge in [-0.15, -0.1) is 0 Å². The van der Waals surface area contributed by atoms with Crippen molar-refractivity contribution in [1.82, 2.24) is 10.9 Å². The summed E-state index contributed by atoms with van der Waals surface area (Å²) in [4.78, 5) is 23.1. The molecule has 21 heavy (non-hydrogen) atoms. The number of amides is 4. The van der Waals surface area contributed by atoms with E-state index in [2.05, 4.69) is 21.5 Å². The molecule has 0 aliphatic rings. The van der Waals surface area contributed by atoms with E-state index in [-0.39, 0.29) is 0 Å². The number of carbonyl (C=O) groups excluding carboxylic acids is 2. The van der Waals surface area contributed by atoms with E-state index in [1.165, 1.54) is 0 Å². The molecule has 0 heterocycles. The first kappa shape index (κ1) is 14.7. The number of urea groups is 2. The number of carbonyl (C=O) groups is 2. The molecule has 4 amide bonds. The Morgan fingerprint density at radius 1 is 0.762 bits per heavy atom. The van der Waals surface area contributed by atoms with Gasteiger partial charge >= 0.3 is 12.1 Å². The minimum absolute atomic E-state index is 0.502. The predicted octanol–water partition coefficient (Wildman–Crippen LogP) is 3.20. The summed E-state index contributed by atoms with van der Waals surface area (Å²) in [7, 11) is 0. The van der Waals surface area contributed by atoms with Gasteiger partial charge in [0, 0.05) is 16.4 Å². The van der Waals surface area contributed by atoms with Crippen LogP contribution in [0.15, 0.2) is 54.6 Å². The van der Waals surface area contributed by atoms with Crippen LogP contribution in [0, 0.1) is 0 Å². The quantitative estimate of drug-likeness (QED) is 0.643. The van der Waals surface area contributed by atoms with Gasteiger partial charge < -0.3 is 10.6 Å². The zero-order chi connectivity index (χ0) is 15.1. The zero-order valence-electron chi connectivity index (χ0n) is 10.9. The molecule has 0 unspecified atom stereocenters. The van der Waals surface area contributed by atoms with Crippen LogP contribution in [0.2, 0.25) is 5.02 Å². The molecule has 2 rings (SSSR count). The van der Waals surface area contributed by atoms with Gasteiger partial charge in [0.15, 0.2) is 0 Å². The molecular weight excluding hydrogens is 292 g/mol. The fourth-order valence-corrected chi connectivity index (χ4v) is 1.72. The molecule has 4 N–H and O–H groups in total. The molecular formula is C14H13ClN4O2. The Hall–Kier alpha value is -2.73. The van der Waals surface area contributed by atoms with Gasteiger partial charge in [-0.2, -0.15) is 0 Å². The first-order valence-corrected chi connectivity index (χ1v) is 6.46. The van der Waals surface area contributed by atoms with Crippen LogP contribution in [0.5, 0.6) is 0 Å². The molecule has 0 radical (unpaired) electrons. The van der Waals surface area contributed by atoms with E-state index in [0.29, 0.717) is 16.4 Å². The summed E-state index contributed by atoms with van der Waals surface area (Å²) in [5.74, 6) is 0. The Kier molecular flexibility index (Phi) is 5.00. The number of hydrogen-bond donors (Lipinski definition) is 4. The lowest BCUT2D eigenvalue weighted by molar-refractivity contribution is 0.237.